The zero-order chi connectivity index (χ0) is 16.1. The van der Waals surface area contributed by atoms with Crippen LogP contribution in [0.15, 0.2) is 0 Å². The number of nitrogens with one attached hydrogen (secondary N) is 1. The van der Waals surface area contributed by atoms with Crippen LogP contribution in [0.2, 0.25) is 0 Å². The lowest BCUT2D eigenvalue weighted by Gasteiger charge is -2.19. The van der Waals surface area contributed by atoms with E-state index in [1.807, 2.05) is 0 Å². The number of hydrogen-bond donors (Lipinski definition) is 2. The number of hydrogen-bond acceptors (Lipinski definition) is 5. The second kappa shape index (κ2) is 7.16. The van der Waals surface area contributed by atoms with Gasteiger partial charge >= 0.3 is 5.97 Å². The summed E-state index contributed by atoms with van der Waals surface area (Å²) < 4.78 is 34.5. The number of carbonyl (C=O) groups is 2. The van der Waals surface area contributed by atoms with E-state index in [4.69, 9.17) is 5.11 Å². The number of carbonyl (C=O) groups excluding carboxylic acids is 1. The first-order valence-electron chi connectivity index (χ1n) is 5.94. The van der Waals surface area contributed by atoms with Crippen molar-refractivity contribution in [3.63, 3.8) is 0 Å². The molecule has 0 saturated carbocycles. The Morgan fingerprint density at radius 2 is 1.80 bits per heavy atom. The first kappa shape index (κ1) is 19.0. The quantitative estimate of drug-likeness (QED) is 0.653. The molecule has 1 amide bonds. The third-order valence-electron chi connectivity index (χ3n) is 2.54. The lowest BCUT2D eigenvalue weighted by atomic mass is 10.3. The first-order chi connectivity index (χ1) is 8.86. The summed E-state index contributed by atoms with van der Waals surface area (Å²) in [5, 5.41) is 11.0. The van der Waals surface area contributed by atoms with Gasteiger partial charge in [-0.05, 0) is 20.8 Å². The van der Waals surface area contributed by atoms with Crippen LogP contribution >= 0.6 is 0 Å². The molecule has 0 spiro atoms. The summed E-state index contributed by atoms with van der Waals surface area (Å²) in [5.74, 6) is -2.59. The van der Waals surface area contributed by atoms with Gasteiger partial charge in [-0.25, -0.2) is 13.2 Å². The van der Waals surface area contributed by atoms with Crippen LogP contribution in [0.3, 0.4) is 0 Å². The average molecular weight is 327 g/mol. The summed E-state index contributed by atoms with van der Waals surface area (Å²) in [6.45, 7) is 5.79. The molecule has 20 heavy (non-hydrogen) atoms. The highest BCUT2D eigenvalue weighted by molar-refractivity contribution is 7.94. The number of carboxylic acids is 1. The van der Waals surface area contributed by atoms with Crippen LogP contribution < -0.4 is 5.32 Å². The van der Waals surface area contributed by atoms with Crippen LogP contribution in [0, 0.1) is 0 Å². The Morgan fingerprint density at radius 3 is 2.15 bits per heavy atom. The highest BCUT2D eigenvalue weighted by Crippen LogP contribution is 2.15. The van der Waals surface area contributed by atoms with Gasteiger partial charge in [0.15, 0.2) is 9.84 Å². The molecule has 0 aromatic rings. The van der Waals surface area contributed by atoms with E-state index < -0.39 is 43.3 Å². The van der Waals surface area contributed by atoms with Crippen LogP contribution in [-0.4, -0.2) is 57.7 Å². The fourth-order valence-electron chi connectivity index (χ4n) is 1.20. The predicted octanol–water partition coefficient (Wildman–Crippen LogP) is -0.462. The number of aliphatic carboxylic acids is 1. The van der Waals surface area contributed by atoms with Crippen molar-refractivity contribution in [2.75, 3.05) is 17.3 Å². The van der Waals surface area contributed by atoms with Crippen molar-refractivity contribution in [2.45, 2.75) is 38.5 Å². The predicted molar refractivity (Wildman–Crippen MR) is 76.7 cm³/mol. The van der Waals surface area contributed by atoms with Gasteiger partial charge in [0.05, 0.1) is 16.3 Å². The van der Waals surface area contributed by atoms with Gasteiger partial charge in [0.1, 0.15) is 6.04 Å². The van der Waals surface area contributed by atoms with Crippen LogP contribution in [0.25, 0.3) is 0 Å². The first-order valence-corrected chi connectivity index (χ1v) is 9.08. The third-order valence-corrected chi connectivity index (χ3v) is 6.77. The lowest BCUT2D eigenvalue weighted by molar-refractivity contribution is -0.140. The van der Waals surface area contributed by atoms with Gasteiger partial charge in [-0.1, -0.05) is 0 Å². The molecule has 7 nitrogen and oxygen atoms in total. The minimum absolute atomic E-state index is 0.150. The van der Waals surface area contributed by atoms with Crippen molar-refractivity contribution >= 4 is 32.5 Å². The summed E-state index contributed by atoms with van der Waals surface area (Å²) in [6.07, 6.45) is 0. The molecule has 0 aromatic heterocycles. The second-order valence-electron chi connectivity index (χ2n) is 5.33. The monoisotopic (exact) mass is 327 g/mol. The van der Waals surface area contributed by atoms with E-state index in [2.05, 4.69) is 5.32 Å². The SMILES string of the molecule is CC(=O)N[C@@H](CS(=O)CCS(=O)(=O)C(C)(C)C)C(=O)O. The highest BCUT2D eigenvalue weighted by atomic mass is 32.2. The smallest absolute Gasteiger partial charge is 0.327 e. The Balaban J connectivity index is 4.57. The maximum atomic E-state index is 11.8. The Labute approximate surface area is 121 Å². The van der Waals surface area contributed by atoms with Gasteiger partial charge in [-0.2, -0.15) is 0 Å². The van der Waals surface area contributed by atoms with Gasteiger partial charge in [-0.15, -0.1) is 0 Å². The van der Waals surface area contributed by atoms with Gasteiger partial charge in [-0.3, -0.25) is 9.00 Å². The van der Waals surface area contributed by atoms with E-state index in [9.17, 15) is 22.2 Å². The van der Waals surface area contributed by atoms with Crippen LogP contribution in [0.4, 0.5) is 0 Å². The second-order valence-corrected chi connectivity index (χ2v) is 9.82. The van der Waals surface area contributed by atoms with Crippen LogP contribution in [-0.2, 0) is 30.2 Å². The highest BCUT2D eigenvalue weighted by Gasteiger charge is 2.29. The van der Waals surface area contributed by atoms with Crippen LogP contribution in [0.5, 0.6) is 0 Å². The molecule has 0 fully saturated rings. The Kier molecular flexibility index (Phi) is 6.82. The van der Waals surface area contributed by atoms with Gasteiger partial charge in [0, 0.05) is 23.5 Å². The number of sulfone groups is 1. The molecule has 2 N–H and O–H groups in total. The zero-order valence-corrected chi connectivity index (χ0v) is 13.6. The van der Waals surface area contributed by atoms with Gasteiger partial charge in [0.25, 0.3) is 0 Å². The van der Waals surface area contributed by atoms with Crippen molar-refractivity contribution in [2.24, 2.45) is 0 Å². The third kappa shape index (κ3) is 6.47. The maximum absolute atomic E-state index is 11.8. The summed E-state index contributed by atoms with van der Waals surface area (Å²) in [4.78, 5) is 21.7. The Hall–Kier alpha value is -0.960. The molecule has 0 aliphatic carbocycles. The summed E-state index contributed by atoms with van der Waals surface area (Å²) in [7, 11) is -5.04. The maximum Gasteiger partial charge on any atom is 0.327 e. The van der Waals surface area contributed by atoms with E-state index in [0.29, 0.717) is 0 Å². The standard InChI is InChI=1S/C11H21NO6S2/c1-8(13)12-9(10(14)15)7-19(16)5-6-20(17,18)11(2,3)4/h9H,5-7H2,1-4H3,(H,12,13)(H,14,15)/t9-,19?/m0/s1. The topological polar surface area (TPSA) is 118 Å². The molecular weight excluding hydrogens is 306 g/mol. The zero-order valence-electron chi connectivity index (χ0n) is 12.0. The van der Waals surface area contributed by atoms with Crippen molar-refractivity contribution < 1.29 is 27.3 Å². The molecule has 0 rings (SSSR count). The van der Waals surface area contributed by atoms with Gasteiger partial charge in [0.2, 0.25) is 5.91 Å². The van der Waals surface area contributed by atoms with E-state index in [1.54, 1.807) is 20.8 Å². The molecule has 0 saturated heterocycles. The Bertz CT molecular complexity index is 492. The van der Waals surface area contributed by atoms with Gasteiger partial charge < -0.3 is 10.4 Å². The van der Waals surface area contributed by atoms with Crippen molar-refractivity contribution in [1.82, 2.24) is 5.32 Å². The normalized spacial score (nSPS) is 15.4. The van der Waals surface area contributed by atoms with E-state index in [0.717, 1.165) is 6.92 Å². The molecular formula is C11H21NO6S2. The minimum atomic E-state index is -3.40. The van der Waals surface area contributed by atoms with E-state index in [1.165, 1.54) is 0 Å². The molecule has 2 atom stereocenters. The minimum Gasteiger partial charge on any atom is -0.480 e. The van der Waals surface area contributed by atoms with E-state index >= 15 is 0 Å². The molecule has 0 aliphatic heterocycles. The number of rotatable bonds is 7. The molecule has 9 heteroatoms. The fraction of sp³-hybridized carbons (Fsp3) is 0.818. The van der Waals surface area contributed by atoms with Crippen molar-refractivity contribution in [1.29, 1.82) is 0 Å². The largest absolute Gasteiger partial charge is 0.480 e. The average Bonchev–Trinajstić information content (AvgIpc) is 2.23. The number of carboxylic acid groups (broad SMARTS) is 1. The molecule has 1 unspecified atom stereocenters. The van der Waals surface area contributed by atoms with Crippen molar-refractivity contribution in [3.05, 3.63) is 0 Å². The summed E-state index contributed by atoms with van der Waals surface area (Å²) in [5.41, 5.74) is 0. The van der Waals surface area contributed by atoms with Crippen molar-refractivity contribution in [3.8, 4) is 0 Å². The summed E-state index contributed by atoms with van der Waals surface area (Å²) in [6, 6.07) is -1.27. The molecule has 0 bridgehead atoms. The molecule has 0 aliphatic rings. The molecule has 0 radical (unpaired) electrons. The Morgan fingerprint density at radius 1 is 1.30 bits per heavy atom. The summed E-state index contributed by atoms with van der Waals surface area (Å²) >= 11 is 0. The molecule has 0 heterocycles. The lowest BCUT2D eigenvalue weighted by Crippen LogP contribution is -2.44. The number of amides is 1. The van der Waals surface area contributed by atoms with E-state index in [-0.39, 0.29) is 17.3 Å². The van der Waals surface area contributed by atoms with Crippen LogP contribution in [0.1, 0.15) is 27.7 Å². The fourth-order valence-corrected chi connectivity index (χ4v) is 4.20. The molecule has 0 aromatic carbocycles. The molecule has 118 valence electrons.